The molecule has 0 aliphatic rings. The van der Waals surface area contributed by atoms with E-state index in [-0.39, 0.29) is 70.6 Å². The van der Waals surface area contributed by atoms with Crippen LogP contribution in [0.25, 0.3) is 0 Å². The molecule has 7 heteroatoms. The van der Waals surface area contributed by atoms with Gasteiger partial charge in [-0.15, -0.1) is 0 Å². The predicted octanol–water partition coefficient (Wildman–Crippen LogP) is 3.37. The molecular weight excluding hydrogens is 481 g/mol. The van der Waals surface area contributed by atoms with Crippen molar-refractivity contribution in [2.24, 2.45) is 0 Å². The van der Waals surface area contributed by atoms with Crippen LogP contribution in [0.4, 0.5) is 11.4 Å². The molecule has 0 heterocycles. The number of hydrogen-bond donors (Lipinski definition) is 2. The Bertz CT molecular complexity index is 555. The first-order valence-corrected chi connectivity index (χ1v) is 7.65. The van der Waals surface area contributed by atoms with Crippen molar-refractivity contribution in [3.05, 3.63) is 48.5 Å². The molecule has 2 aromatic rings. The molecule has 0 unspecified atom stereocenters. The maximum atomic E-state index is 5.40. The van der Waals surface area contributed by atoms with Crippen LogP contribution in [0.5, 0.6) is 11.5 Å². The number of hydrogen-bond acceptors (Lipinski definition) is 3. The maximum absolute atomic E-state index is 5.40. The van der Waals surface area contributed by atoms with Crippen molar-refractivity contribution in [2.75, 3.05) is 23.8 Å². The van der Waals surface area contributed by atoms with Crippen LogP contribution in [0, 0.1) is 0 Å². The van der Waals surface area contributed by atoms with Crippen molar-refractivity contribution >= 4 is 77.6 Å². The van der Waals surface area contributed by atoms with Crippen molar-refractivity contribution in [1.82, 2.24) is 0 Å². The fourth-order valence-corrected chi connectivity index (χ4v) is 2.13. The second-order valence-corrected chi connectivity index (χ2v) is 4.90. The Morgan fingerprint density at radius 3 is 1.42 bits per heavy atom. The zero-order valence-electron chi connectivity index (χ0n) is 13.3. The molecule has 124 valence electrons. The third-order valence-corrected chi connectivity index (χ3v) is 3.05. The second kappa shape index (κ2) is 13.3. The Kier molecular flexibility index (Phi) is 13.3. The summed E-state index contributed by atoms with van der Waals surface area (Å²) >= 11 is 5.30. The molecule has 2 aromatic carbocycles. The quantitative estimate of drug-likeness (QED) is 0.468. The smallest absolute Gasteiger partial charge is 0 e. The van der Waals surface area contributed by atoms with Gasteiger partial charge in [0, 0.05) is 33.1 Å². The van der Waals surface area contributed by atoms with Gasteiger partial charge >= 0.3 is 48.9 Å². The fraction of sp³-hybridized carbons (Fsp3) is 0.235. The molecule has 24 heavy (non-hydrogen) atoms. The molecule has 0 spiro atoms. The van der Waals surface area contributed by atoms with Gasteiger partial charge in [0.2, 0.25) is 0 Å². The van der Waals surface area contributed by atoms with Gasteiger partial charge in [-0.25, -0.2) is 0 Å². The fourth-order valence-electron chi connectivity index (χ4n) is 1.90. The number of rotatable bonds is 6. The van der Waals surface area contributed by atoms with Gasteiger partial charge in [-0.2, -0.15) is 0 Å². The minimum atomic E-state index is 0. The third-order valence-electron chi connectivity index (χ3n) is 2.85. The SMILES string of the molecule is CCOc1ccc(NC(=S)Nc2ccc(OCC)cc2)cc1.[BaH2].[Ti]. The summed E-state index contributed by atoms with van der Waals surface area (Å²) < 4.78 is 10.8. The van der Waals surface area contributed by atoms with Crippen LogP contribution in [0.3, 0.4) is 0 Å². The molecule has 4 nitrogen and oxygen atoms in total. The van der Waals surface area contributed by atoms with Crippen LogP contribution >= 0.6 is 12.2 Å². The van der Waals surface area contributed by atoms with E-state index in [9.17, 15) is 0 Å². The average molecular weight is 504 g/mol. The van der Waals surface area contributed by atoms with Gasteiger partial charge in [0.15, 0.2) is 5.11 Å². The van der Waals surface area contributed by atoms with E-state index in [1.54, 1.807) is 0 Å². The number of nitrogens with one attached hydrogen (secondary N) is 2. The van der Waals surface area contributed by atoms with E-state index in [1.165, 1.54) is 0 Å². The largest absolute Gasteiger partial charge is 0 e. The summed E-state index contributed by atoms with van der Waals surface area (Å²) in [7, 11) is 0. The van der Waals surface area contributed by atoms with Crippen molar-refractivity contribution in [2.45, 2.75) is 13.8 Å². The Balaban J connectivity index is 0.00000264. The Hall–Kier alpha value is 0.0157. The first-order valence-electron chi connectivity index (χ1n) is 7.25. The monoisotopic (exact) mass is 504 g/mol. The van der Waals surface area contributed by atoms with E-state index in [0.717, 1.165) is 22.9 Å². The minimum absolute atomic E-state index is 0. The van der Waals surface area contributed by atoms with E-state index in [4.69, 9.17) is 21.7 Å². The normalized spacial score (nSPS) is 9.08. The molecule has 0 bridgehead atoms. The molecule has 0 saturated heterocycles. The molecule has 2 rings (SSSR count). The van der Waals surface area contributed by atoms with Crippen LogP contribution in [0.2, 0.25) is 0 Å². The van der Waals surface area contributed by atoms with E-state index < -0.39 is 0 Å². The summed E-state index contributed by atoms with van der Waals surface area (Å²) in [6.07, 6.45) is 0. The molecule has 0 radical (unpaired) electrons. The maximum Gasteiger partial charge on any atom is 0 e. The summed E-state index contributed by atoms with van der Waals surface area (Å²) in [5.41, 5.74) is 1.82. The minimum Gasteiger partial charge on any atom is 0 e. The topological polar surface area (TPSA) is 42.5 Å². The Morgan fingerprint density at radius 1 is 0.792 bits per heavy atom. The van der Waals surface area contributed by atoms with Gasteiger partial charge in [-0.05, 0) is 74.6 Å². The predicted molar refractivity (Wildman–Crippen MR) is 104 cm³/mol. The second-order valence-electron chi connectivity index (χ2n) is 4.49. The van der Waals surface area contributed by atoms with Crippen LogP contribution in [0.1, 0.15) is 13.8 Å². The van der Waals surface area contributed by atoms with Crippen molar-refractivity contribution in [1.29, 1.82) is 0 Å². The average Bonchev–Trinajstić information content (AvgIpc) is 2.52. The van der Waals surface area contributed by atoms with Crippen molar-refractivity contribution < 1.29 is 31.2 Å². The molecular formula is C17H22BaN2O2STi. The summed E-state index contributed by atoms with van der Waals surface area (Å²) in [5.74, 6) is 1.69. The Morgan fingerprint density at radius 2 is 1.12 bits per heavy atom. The molecule has 0 aliphatic carbocycles. The summed E-state index contributed by atoms with van der Waals surface area (Å²) in [4.78, 5) is 0. The van der Waals surface area contributed by atoms with E-state index in [2.05, 4.69) is 10.6 Å². The summed E-state index contributed by atoms with van der Waals surface area (Å²) in [6, 6.07) is 15.3. The van der Waals surface area contributed by atoms with Gasteiger partial charge in [0.1, 0.15) is 11.5 Å². The van der Waals surface area contributed by atoms with Crippen molar-refractivity contribution in [3.63, 3.8) is 0 Å². The van der Waals surface area contributed by atoms with Crippen LogP contribution < -0.4 is 20.1 Å². The van der Waals surface area contributed by atoms with Crippen LogP contribution in [-0.2, 0) is 21.7 Å². The van der Waals surface area contributed by atoms with Gasteiger partial charge in [-0.1, -0.05) is 0 Å². The van der Waals surface area contributed by atoms with E-state index in [0.29, 0.717) is 18.3 Å². The number of benzene rings is 2. The van der Waals surface area contributed by atoms with Gasteiger partial charge in [-0.3, -0.25) is 0 Å². The molecule has 0 aliphatic heterocycles. The third kappa shape index (κ3) is 8.40. The molecule has 0 amide bonds. The van der Waals surface area contributed by atoms with Crippen LogP contribution in [0.15, 0.2) is 48.5 Å². The molecule has 0 aromatic heterocycles. The van der Waals surface area contributed by atoms with Crippen LogP contribution in [-0.4, -0.2) is 67.2 Å². The van der Waals surface area contributed by atoms with E-state index >= 15 is 0 Å². The van der Waals surface area contributed by atoms with E-state index in [1.807, 2.05) is 62.4 Å². The number of anilines is 2. The van der Waals surface area contributed by atoms with Gasteiger partial charge in [0.05, 0.1) is 13.2 Å². The standard InChI is InChI=1S/C17H20N2O2S.Ba.Ti.2H/c1-3-20-15-9-5-13(6-10-15)18-17(22)19-14-7-11-16(12-8-14)21-4-2;;;;/h5-12H,3-4H2,1-2H3,(H2,18,19,22);;;;. The molecule has 2 N–H and O–H groups in total. The summed E-state index contributed by atoms with van der Waals surface area (Å²) in [5, 5.41) is 6.80. The first kappa shape index (κ1) is 24.0. The van der Waals surface area contributed by atoms with Gasteiger partial charge < -0.3 is 20.1 Å². The number of ether oxygens (including phenoxy) is 2. The van der Waals surface area contributed by atoms with Crippen molar-refractivity contribution in [3.8, 4) is 11.5 Å². The Labute approximate surface area is 204 Å². The number of thiocarbonyl (C=S) groups is 1. The summed E-state index contributed by atoms with van der Waals surface area (Å²) in [6.45, 7) is 5.24. The zero-order valence-corrected chi connectivity index (χ0v) is 15.6. The molecule has 0 fully saturated rings. The van der Waals surface area contributed by atoms with Gasteiger partial charge in [0.25, 0.3) is 0 Å². The molecule has 0 atom stereocenters. The zero-order chi connectivity index (χ0) is 15.8. The first-order chi connectivity index (χ1) is 10.7. The molecule has 0 saturated carbocycles.